The second-order valence-electron chi connectivity index (χ2n) is 5.64. The van der Waals surface area contributed by atoms with Crippen LogP contribution in [-0.4, -0.2) is 28.7 Å². The minimum Gasteiger partial charge on any atom is -0.244 e. The third kappa shape index (κ3) is 1.89. The minimum atomic E-state index is -3.87. The fourth-order valence-electron chi connectivity index (χ4n) is 3.51. The molecule has 3 heterocycles. The Morgan fingerprint density at radius 3 is 2.86 bits per heavy atom. The maximum atomic E-state index is 14.0. The Morgan fingerprint density at radius 2 is 2.05 bits per heavy atom. The number of halogens is 1. The van der Waals surface area contributed by atoms with Crippen molar-refractivity contribution in [1.29, 1.82) is 0 Å². The lowest BCUT2D eigenvalue weighted by Crippen LogP contribution is -2.42. The lowest BCUT2D eigenvalue weighted by molar-refractivity contribution is 0.299. The summed E-state index contributed by atoms with van der Waals surface area (Å²) < 4.78 is 41.3. The summed E-state index contributed by atoms with van der Waals surface area (Å²) in [5.41, 5.74) is 1.75. The predicted molar refractivity (Wildman–Crippen MR) is 76.9 cm³/mol. The number of hydrogen-bond acceptors (Lipinski definition) is 4. The molecular formula is C15H14FN3O2S. The lowest BCUT2D eigenvalue weighted by Gasteiger charge is -2.34. The van der Waals surface area contributed by atoms with E-state index >= 15 is 0 Å². The summed E-state index contributed by atoms with van der Waals surface area (Å²) in [5.74, 6) is -0.711. The minimum absolute atomic E-state index is 0.156. The van der Waals surface area contributed by atoms with Crippen molar-refractivity contribution in [2.24, 2.45) is 0 Å². The summed E-state index contributed by atoms with van der Waals surface area (Å²) >= 11 is 0. The highest BCUT2D eigenvalue weighted by atomic mass is 32.2. The predicted octanol–water partition coefficient (Wildman–Crippen LogP) is 2.07. The van der Waals surface area contributed by atoms with Crippen LogP contribution < -0.4 is 0 Å². The number of nitrogens with zero attached hydrogens (tertiary/aromatic N) is 3. The average molecular weight is 319 g/mol. The van der Waals surface area contributed by atoms with E-state index in [1.165, 1.54) is 28.8 Å². The monoisotopic (exact) mass is 319 g/mol. The summed E-state index contributed by atoms with van der Waals surface area (Å²) in [4.78, 5) is 8.02. The largest absolute Gasteiger partial charge is 0.246 e. The van der Waals surface area contributed by atoms with E-state index in [4.69, 9.17) is 0 Å². The van der Waals surface area contributed by atoms with Crippen molar-refractivity contribution in [3.05, 3.63) is 53.9 Å². The Balaban J connectivity index is 1.83. The fraction of sp³-hybridized carbons (Fsp3) is 0.333. The fourth-order valence-corrected chi connectivity index (χ4v) is 5.43. The molecule has 5 nitrogen and oxygen atoms in total. The smallest absolute Gasteiger partial charge is 0.244 e. The van der Waals surface area contributed by atoms with E-state index in [1.807, 2.05) is 0 Å². The molecule has 2 aromatic rings. The van der Waals surface area contributed by atoms with Crippen LogP contribution in [0.3, 0.4) is 0 Å². The van der Waals surface area contributed by atoms with Crippen LogP contribution in [0, 0.1) is 5.82 Å². The molecule has 2 bridgehead atoms. The van der Waals surface area contributed by atoms with Crippen LogP contribution in [0.4, 0.5) is 4.39 Å². The molecule has 2 aliphatic heterocycles. The van der Waals surface area contributed by atoms with Gasteiger partial charge in [0.05, 0.1) is 11.7 Å². The third-order valence-corrected chi connectivity index (χ3v) is 6.44. The standard InChI is InChI=1S/C15H14FN3O2S/c16-12-3-1-2-4-15(12)22(20,21)19-10-5-6-14(19)11-8-17-9-18-13(11)7-10/h1-4,8-10,14H,5-7H2. The summed E-state index contributed by atoms with van der Waals surface area (Å²) in [6.07, 6.45) is 5.20. The number of aromatic nitrogens is 2. The van der Waals surface area contributed by atoms with E-state index in [0.29, 0.717) is 6.42 Å². The van der Waals surface area contributed by atoms with Gasteiger partial charge in [-0.2, -0.15) is 4.31 Å². The Morgan fingerprint density at radius 1 is 1.23 bits per heavy atom. The van der Waals surface area contributed by atoms with Gasteiger partial charge in [0.25, 0.3) is 0 Å². The van der Waals surface area contributed by atoms with Crippen LogP contribution in [0.2, 0.25) is 0 Å². The highest BCUT2D eigenvalue weighted by Crippen LogP contribution is 2.45. The summed E-state index contributed by atoms with van der Waals surface area (Å²) in [6, 6.07) is 5.08. The van der Waals surface area contributed by atoms with Crippen molar-refractivity contribution in [2.45, 2.75) is 36.2 Å². The summed E-state index contributed by atoms with van der Waals surface area (Å²) in [7, 11) is -3.87. The molecule has 2 aliphatic rings. The molecule has 22 heavy (non-hydrogen) atoms. The molecule has 1 saturated heterocycles. The molecule has 1 aromatic heterocycles. The molecule has 1 aromatic carbocycles. The topological polar surface area (TPSA) is 63.2 Å². The zero-order valence-corrected chi connectivity index (χ0v) is 12.5. The SMILES string of the molecule is O=S(=O)(c1ccccc1F)N1C2CCC1c1cncnc1C2. The summed E-state index contributed by atoms with van der Waals surface area (Å²) in [6.45, 7) is 0. The van der Waals surface area contributed by atoms with Gasteiger partial charge in [-0.25, -0.2) is 22.8 Å². The van der Waals surface area contributed by atoms with Gasteiger partial charge in [-0.3, -0.25) is 0 Å². The van der Waals surface area contributed by atoms with E-state index in [2.05, 4.69) is 9.97 Å². The molecule has 7 heteroatoms. The number of hydrogen-bond donors (Lipinski definition) is 0. The van der Waals surface area contributed by atoms with Gasteiger partial charge in [0.1, 0.15) is 17.0 Å². The maximum Gasteiger partial charge on any atom is 0.246 e. The average Bonchev–Trinajstić information content (AvgIpc) is 2.84. The van der Waals surface area contributed by atoms with Crippen molar-refractivity contribution in [1.82, 2.24) is 14.3 Å². The highest BCUT2D eigenvalue weighted by Gasteiger charge is 2.47. The van der Waals surface area contributed by atoms with Gasteiger partial charge in [0, 0.05) is 24.2 Å². The molecule has 114 valence electrons. The first-order chi connectivity index (χ1) is 10.6. The zero-order chi connectivity index (χ0) is 15.3. The second kappa shape index (κ2) is 4.82. The molecule has 0 saturated carbocycles. The van der Waals surface area contributed by atoms with Gasteiger partial charge < -0.3 is 0 Å². The van der Waals surface area contributed by atoms with E-state index in [9.17, 15) is 12.8 Å². The van der Waals surface area contributed by atoms with Gasteiger partial charge >= 0.3 is 0 Å². The van der Waals surface area contributed by atoms with Gasteiger partial charge in [0.2, 0.25) is 10.0 Å². The molecule has 2 unspecified atom stereocenters. The van der Waals surface area contributed by atoms with Crippen LogP contribution in [-0.2, 0) is 16.4 Å². The Labute approximate surface area is 127 Å². The van der Waals surface area contributed by atoms with Crippen molar-refractivity contribution < 1.29 is 12.8 Å². The first-order valence-corrected chi connectivity index (χ1v) is 8.60. The van der Waals surface area contributed by atoms with E-state index in [0.717, 1.165) is 24.1 Å². The molecule has 0 aliphatic carbocycles. The van der Waals surface area contributed by atoms with Crippen LogP contribution >= 0.6 is 0 Å². The molecular weight excluding hydrogens is 305 g/mol. The Kier molecular flexibility index (Phi) is 3.02. The van der Waals surface area contributed by atoms with Gasteiger partial charge in [-0.05, 0) is 25.0 Å². The summed E-state index contributed by atoms with van der Waals surface area (Å²) in [5, 5.41) is 0. The zero-order valence-electron chi connectivity index (χ0n) is 11.7. The molecule has 2 atom stereocenters. The van der Waals surface area contributed by atoms with Gasteiger partial charge in [-0.1, -0.05) is 12.1 Å². The van der Waals surface area contributed by atoms with Crippen molar-refractivity contribution >= 4 is 10.0 Å². The first kappa shape index (κ1) is 13.8. The quantitative estimate of drug-likeness (QED) is 0.850. The second-order valence-corrected chi connectivity index (χ2v) is 7.45. The van der Waals surface area contributed by atoms with Gasteiger partial charge in [-0.15, -0.1) is 0 Å². The number of sulfonamides is 1. The molecule has 1 fully saturated rings. The molecule has 4 rings (SSSR count). The van der Waals surface area contributed by atoms with Crippen LogP contribution in [0.25, 0.3) is 0 Å². The number of fused-ring (bicyclic) bond motifs is 4. The normalized spacial score (nSPS) is 24.2. The molecule has 0 spiro atoms. The number of rotatable bonds is 2. The van der Waals surface area contributed by atoms with Crippen LogP contribution in [0.5, 0.6) is 0 Å². The number of benzene rings is 1. The van der Waals surface area contributed by atoms with E-state index in [1.54, 1.807) is 12.3 Å². The first-order valence-electron chi connectivity index (χ1n) is 7.16. The Hall–Kier alpha value is -1.86. The van der Waals surface area contributed by atoms with E-state index in [-0.39, 0.29) is 17.0 Å². The van der Waals surface area contributed by atoms with Crippen molar-refractivity contribution in [3.63, 3.8) is 0 Å². The van der Waals surface area contributed by atoms with Crippen LogP contribution in [0.15, 0.2) is 41.7 Å². The third-order valence-electron chi connectivity index (χ3n) is 4.45. The maximum absolute atomic E-state index is 14.0. The molecule has 0 amide bonds. The van der Waals surface area contributed by atoms with E-state index < -0.39 is 15.8 Å². The molecule has 0 N–H and O–H groups in total. The van der Waals surface area contributed by atoms with Crippen molar-refractivity contribution in [3.8, 4) is 0 Å². The molecule has 0 radical (unpaired) electrons. The highest BCUT2D eigenvalue weighted by molar-refractivity contribution is 7.89. The Bertz CT molecular complexity index is 840. The van der Waals surface area contributed by atoms with Gasteiger partial charge in [0.15, 0.2) is 0 Å². The van der Waals surface area contributed by atoms with Crippen LogP contribution in [0.1, 0.15) is 30.1 Å². The van der Waals surface area contributed by atoms with Crippen molar-refractivity contribution in [2.75, 3.05) is 0 Å². The lowest BCUT2D eigenvalue weighted by atomic mass is 10.0.